The van der Waals surface area contributed by atoms with Gasteiger partial charge in [0.15, 0.2) is 0 Å². The molecule has 6 heteroatoms. The Hall–Kier alpha value is -1.33. The highest BCUT2D eigenvalue weighted by molar-refractivity contribution is 6.33. The molecule has 104 valence electrons. The molecule has 0 bridgehead atoms. The Balaban J connectivity index is 2.17. The molecule has 19 heavy (non-hydrogen) atoms. The molecule has 1 saturated heterocycles. The zero-order valence-electron chi connectivity index (χ0n) is 11.1. The fourth-order valence-electron chi connectivity index (χ4n) is 2.44. The molecule has 1 atom stereocenters. The van der Waals surface area contributed by atoms with Gasteiger partial charge in [-0.15, -0.1) is 0 Å². The number of piperazine rings is 1. The van der Waals surface area contributed by atoms with E-state index >= 15 is 0 Å². The number of anilines is 1. The first-order valence-corrected chi connectivity index (χ1v) is 6.78. The Kier molecular flexibility index (Phi) is 4.27. The molecule has 1 N–H and O–H groups in total. The van der Waals surface area contributed by atoms with Crippen molar-refractivity contribution in [3.05, 3.63) is 22.8 Å². The van der Waals surface area contributed by atoms with Crippen LogP contribution in [0.5, 0.6) is 0 Å². The molecular weight excluding hydrogens is 266 g/mol. The summed E-state index contributed by atoms with van der Waals surface area (Å²) in [5, 5.41) is 9.30. The van der Waals surface area contributed by atoms with Crippen molar-refractivity contribution in [2.24, 2.45) is 0 Å². The molecule has 0 aromatic carbocycles. The first-order chi connectivity index (χ1) is 9.02. The Morgan fingerprint density at radius 1 is 1.58 bits per heavy atom. The molecule has 2 rings (SSSR count). The number of aromatic carboxylic acids is 1. The standard InChI is InChI=1S/C13H18ClN3O2/c1-3-16-4-5-17(8-9(16)2)12-11(14)6-10(7-15-12)13(18)19/h6-7,9H,3-5,8H2,1-2H3,(H,18,19). The van der Waals surface area contributed by atoms with Crippen molar-refractivity contribution >= 4 is 23.4 Å². The molecule has 1 aliphatic heterocycles. The molecule has 0 radical (unpaired) electrons. The molecule has 1 fully saturated rings. The highest BCUT2D eigenvalue weighted by atomic mass is 35.5. The van der Waals surface area contributed by atoms with Crippen LogP contribution in [-0.2, 0) is 0 Å². The molecule has 0 aliphatic carbocycles. The van der Waals surface area contributed by atoms with Crippen LogP contribution in [0.1, 0.15) is 24.2 Å². The number of aromatic nitrogens is 1. The van der Waals surface area contributed by atoms with Gasteiger partial charge in [-0.3, -0.25) is 4.90 Å². The summed E-state index contributed by atoms with van der Waals surface area (Å²) in [6, 6.07) is 1.90. The Morgan fingerprint density at radius 3 is 2.84 bits per heavy atom. The van der Waals surface area contributed by atoms with Gasteiger partial charge in [-0.1, -0.05) is 18.5 Å². The van der Waals surface area contributed by atoms with Crippen LogP contribution in [-0.4, -0.2) is 53.2 Å². The average Bonchev–Trinajstić information content (AvgIpc) is 2.38. The monoisotopic (exact) mass is 283 g/mol. The molecule has 1 aliphatic rings. The van der Waals surface area contributed by atoms with Crippen molar-refractivity contribution in [3.63, 3.8) is 0 Å². The molecule has 2 heterocycles. The molecule has 0 amide bonds. The van der Waals surface area contributed by atoms with E-state index in [2.05, 4.69) is 28.6 Å². The van der Waals surface area contributed by atoms with Gasteiger partial charge in [0.1, 0.15) is 5.82 Å². The number of carboxylic acid groups (broad SMARTS) is 1. The number of nitrogens with zero attached hydrogens (tertiary/aromatic N) is 3. The Labute approximate surface area is 117 Å². The first-order valence-electron chi connectivity index (χ1n) is 6.40. The number of pyridine rings is 1. The maximum atomic E-state index is 10.9. The highest BCUT2D eigenvalue weighted by Gasteiger charge is 2.24. The van der Waals surface area contributed by atoms with E-state index in [9.17, 15) is 4.79 Å². The largest absolute Gasteiger partial charge is 0.478 e. The summed E-state index contributed by atoms with van der Waals surface area (Å²) in [6.45, 7) is 8.04. The van der Waals surface area contributed by atoms with E-state index in [4.69, 9.17) is 16.7 Å². The van der Waals surface area contributed by atoms with Crippen LogP contribution in [0.4, 0.5) is 5.82 Å². The molecule has 0 saturated carbocycles. The number of rotatable bonds is 3. The second-order valence-corrected chi connectivity index (χ2v) is 5.17. The number of hydrogen-bond acceptors (Lipinski definition) is 4. The van der Waals surface area contributed by atoms with Crippen molar-refractivity contribution < 1.29 is 9.90 Å². The van der Waals surface area contributed by atoms with Gasteiger partial charge in [-0.05, 0) is 19.5 Å². The fourth-order valence-corrected chi connectivity index (χ4v) is 2.72. The van der Waals surface area contributed by atoms with Crippen molar-refractivity contribution in [1.29, 1.82) is 0 Å². The summed E-state index contributed by atoms with van der Waals surface area (Å²) in [7, 11) is 0. The quantitative estimate of drug-likeness (QED) is 0.919. The maximum Gasteiger partial charge on any atom is 0.337 e. The topological polar surface area (TPSA) is 56.7 Å². The van der Waals surface area contributed by atoms with Crippen molar-refractivity contribution in [2.75, 3.05) is 31.1 Å². The second kappa shape index (κ2) is 5.75. The van der Waals surface area contributed by atoms with Crippen LogP contribution >= 0.6 is 11.6 Å². The maximum absolute atomic E-state index is 10.9. The lowest BCUT2D eigenvalue weighted by atomic mass is 10.2. The Bertz CT molecular complexity index is 481. The van der Waals surface area contributed by atoms with Gasteiger partial charge < -0.3 is 10.0 Å². The van der Waals surface area contributed by atoms with Gasteiger partial charge in [-0.25, -0.2) is 9.78 Å². The third-order valence-electron chi connectivity index (χ3n) is 3.54. The van der Waals surface area contributed by atoms with E-state index in [1.807, 2.05) is 0 Å². The molecule has 0 spiro atoms. The van der Waals surface area contributed by atoms with Crippen LogP contribution in [0.25, 0.3) is 0 Å². The summed E-state index contributed by atoms with van der Waals surface area (Å²) < 4.78 is 0. The average molecular weight is 284 g/mol. The van der Waals surface area contributed by atoms with E-state index in [0.717, 1.165) is 26.2 Å². The minimum absolute atomic E-state index is 0.119. The van der Waals surface area contributed by atoms with Crippen LogP contribution < -0.4 is 4.90 Å². The van der Waals surface area contributed by atoms with Gasteiger partial charge in [0, 0.05) is 31.9 Å². The van der Waals surface area contributed by atoms with Gasteiger partial charge in [0.25, 0.3) is 0 Å². The SMILES string of the molecule is CCN1CCN(c2ncc(C(=O)O)cc2Cl)CC1C. The third kappa shape index (κ3) is 2.98. The van der Waals surface area contributed by atoms with Crippen LogP contribution in [0.3, 0.4) is 0 Å². The minimum Gasteiger partial charge on any atom is -0.478 e. The van der Waals surface area contributed by atoms with Gasteiger partial charge >= 0.3 is 5.97 Å². The number of carboxylic acids is 1. The zero-order valence-corrected chi connectivity index (χ0v) is 11.9. The summed E-state index contributed by atoms with van der Waals surface area (Å²) in [5.74, 6) is -0.334. The number of likely N-dealkylation sites (N-methyl/N-ethyl adjacent to an activating group) is 1. The van der Waals surface area contributed by atoms with Gasteiger partial charge in [0.05, 0.1) is 10.6 Å². The predicted octanol–water partition coefficient (Wildman–Crippen LogP) is 1.96. The number of halogens is 1. The predicted molar refractivity (Wildman–Crippen MR) is 75.1 cm³/mol. The molecule has 1 unspecified atom stereocenters. The minimum atomic E-state index is -1.01. The fraction of sp³-hybridized carbons (Fsp3) is 0.538. The Morgan fingerprint density at radius 2 is 2.32 bits per heavy atom. The summed E-state index contributed by atoms with van der Waals surface area (Å²) in [5.41, 5.74) is 0.119. The second-order valence-electron chi connectivity index (χ2n) is 4.76. The molecule has 1 aromatic rings. The third-order valence-corrected chi connectivity index (χ3v) is 3.82. The van der Waals surface area contributed by atoms with Crippen LogP contribution in [0.15, 0.2) is 12.3 Å². The molecular formula is C13H18ClN3O2. The smallest absolute Gasteiger partial charge is 0.337 e. The lowest BCUT2D eigenvalue weighted by Gasteiger charge is -2.40. The molecule has 5 nitrogen and oxygen atoms in total. The summed E-state index contributed by atoms with van der Waals surface area (Å²) in [6.07, 6.45) is 1.36. The van der Waals surface area contributed by atoms with E-state index < -0.39 is 5.97 Å². The highest BCUT2D eigenvalue weighted by Crippen LogP contribution is 2.26. The zero-order chi connectivity index (χ0) is 14.0. The normalized spacial score (nSPS) is 20.6. The van der Waals surface area contributed by atoms with Gasteiger partial charge in [-0.2, -0.15) is 0 Å². The summed E-state index contributed by atoms with van der Waals surface area (Å²) in [4.78, 5) is 19.6. The van der Waals surface area contributed by atoms with E-state index in [1.165, 1.54) is 12.3 Å². The van der Waals surface area contributed by atoms with E-state index in [1.54, 1.807) is 0 Å². The van der Waals surface area contributed by atoms with Crippen LogP contribution in [0.2, 0.25) is 5.02 Å². The number of carbonyl (C=O) groups is 1. The lowest BCUT2D eigenvalue weighted by molar-refractivity contribution is 0.0696. The van der Waals surface area contributed by atoms with Gasteiger partial charge in [0.2, 0.25) is 0 Å². The van der Waals surface area contributed by atoms with Crippen molar-refractivity contribution in [2.45, 2.75) is 19.9 Å². The van der Waals surface area contributed by atoms with Crippen LogP contribution in [0, 0.1) is 0 Å². The van der Waals surface area contributed by atoms with Crippen molar-refractivity contribution in [1.82, 2.24) is 9.88 Å². The van der Waals surface area contributed by atoms with Crippen molar-refractivity contribution in [3.8, 4) is 0 Å². The van der Waals surface area contributed by atoms with E-state index in [0.29, 0.717) is 16.9 Å². The van der Waals surface area contributed by atoms with E-state index in [-0.39, 0.29) is 5.56 Å². The summed E-state index contributed by atoms with van der Waals surface area (Å²) >= 11 is 6.14. The molecule has 1 aromatic heterocycles. The number of hydrogen-bond donors (Lipinski definition) is 1. The first kappa shape index (κ1) is 14.1. The lowest BCUT2D eigenvalue weighted by Crippen LogP contribution is -2.52.